The molecule has 1 heterocycles. The molecule has 2 heteroatoms. The van der Waals surface area contributed by atoms with Crippen LogP contribution in [0, 0.1) is 0 Å². The maximum atomic E-state index is 6.36. The molecule has 0 radical (unpaired) electrons. The Labute approximate surface area is 314 Å². The Morgan fingerprint density at radius 1 is 0.315 bits per heavy atom. The Hall–Kier alpha value is -7.16. The fraction of sp³-hybridized carbons (Fsp3) is 0. The summed E-state index contributed by atoms with van der Waals surface area (Å²) in [4.78, 5) is 2.35. The van der Waals surface area contributed by atoms with E-state index in [4.69, 9.17) is 4.42 Å². The van der Waals surface area contributed by atoms with E-state index in [1.807, 2.05) is 12.1 Å². The molecule has 1 aromatic heterocycles. The summed E-state index contributed by atoms with van der Waals surface area (Å²) in [5.74, 6) is 0. The largest absolute Gasteiger partial charge is 0.456 e. The maximum absolute atomic E-state index is 6.36. The van der Waals surface area contributed by atoms with Gasteiger partial charge in [-0.2, -0.15) is 0 Å². The van der Waals surface area contributed by atoms with E-state index in [1.165, 1.54) is 55.3 Å². The van der Waals surface area contributed by atoms with Crippen molar-refractivity contribution in [1.82, 2.24) is 0 Å². The first-order valence-electron chi connectivity index (χ1n) is 18.4. The number of fused-ring (bicyclic) bond motifs is 4. The molecule has 0 aliphatic rings. The van der Waals surface area contributed by atoms with Crippen molar-refractivity contribution in [2.75, 3.05) is 4.90 Å². The van der Waals surface area contributed by atoms with Crippen molar-refractivity contribution in [2.45, 2.75) is 0 Å². The number of benzene rings is 9. The average molecular weight is 690 g/mol. The summed E-state index contributed by atoms with van der Waals surface area (Å²) >= 11 is 0. The van der Waals surface area contributed by atoms with Crippen LogP contribution < -0.4 is 4.90 Å². The molecular weight excluding hydrogens is 655 g/mol. The molecule has 0 spiro atoms. The number of hydrogen-bond acceptors (Lipinski definition) is 2. The lowest BCUT2D eigenvalue weighted by molar-refractivity contribution is 0.669. The molecule has 10 aromatic rings. The first-order valence-corrected chi connectivity index (χ1v) is 18.4. The van der Waals surface area contributed by atoms with E-state index in [-0.39, 0.29) is 0 Å². The number of anilines is 3. The van der Waals surface area contributed by atoms with E-state index in [9.17, 15) is 0 Å². The topological polar surface area (TPSA) is 16.4 Å². The van der Waals surface area contributed by atoms with Crippen molar-refractivity contribution in [2.24, 2.45) is 0 Å². The van der Waals surface area contributed by atoms with Crippen LogP contribution in [0.3, 0.4) is 0 Å². The molecule has 0 fully saturated rings. The third-order valence-electron chi connectivity index (χ3n) is 10.5. The highest BCUT2D eigenvalue weighted by Gasteiger charge is 2.19. The van der Waals surface area contributed by atoms with E-state index in [0.29, 0.717) is 0 Å². The Kier molecular flexibility index (Phi) is 7.85. The molecule has 0 bridgehead atoms. The zero-order valence-corrected chi connectivity index (χ0v) is 29.6. The van der Waals surface area contributed by atoms with Gasteiger partial charge in [-0.15, -0.1) is 0 Å². The molecule has 10 rings (SSSR count). The molecule has 0 N–H and O–H groups in total. The van der Waals surface area contributed by atoms with Crippen LogP contribution in [0.15, 0.2) is 217 Å². The number of para-hydroxylation sites is 1. The number of rotatable bonds is 7. The van der Waals surface area contributed by atoms with E-state index >= 15 is 0 Å². The van der Waals surface area contributed by atoms with Crippen LogP contribution in [-0.2, 0) is 0 Å². The zero-order chi connectivity index (χ0) is 35.8. The van der Waals surface area contributed by atoms with Crippen molar-refractivity contribution in [3.05, 3.63) is 212 Å². The molecule has 0 aliphatic carbocycles. The van der Waals surface area contributed by atoms with Gasteiger partial charge in [-0.05, 0) is 104 Å². The Bertz CT molecular complexity index is 2900. The lowest BCUT2D eigenvalue weighted by Crippen LogP contribution is -2.10. The SMILES string of the molecule is c1ccc(-c2ccc(-c3ccc(N(c4ccc(-c5cccc(-c6cccc7ccccc67)c5)cc4)c4cccc5oc6ccccc6c45)cc3)cc2)cc1. The highest BCUT2D eigenvalue weighted by Crippen LogP contribution is 2.44. The van der Waals surface area contributed by atoms with Crippen molar-refractivity contribution >= 4 is 49.8 Å². The highest BCUT2D eigenvalue weighted by atomic mass is 16.3. The average Bonchev–Trinajstić information content (AvgIpc) is 3.64. The molecule has 0 unspecified atom stereocenters. The fourth-order valence-corrected chi connectivity index (χ4v) is 7.80. The van der Waals surface area contributed by atoms with Gasteiger partial charge in [0.15, 0.2) is 0 Å². The summed E-state index contributed by atoms with van der Waals surface area (Å²) in [7, 11) is 0. The third kappa shape index (κ3) is 5.71. The van der Waals surface area contributed by atoms with E-state index in [0.717, 1.165) is 39.0 Å². The first-order chi connectivity index (χ1) is 26.8. The van der Waals surface area contributed by atoms with Gasteiger partial charge in [0.2, 0.25) is 0 Å². The van der Waals surface area contributed by atoms with Crippen LogP contribution in [-0.4, -0.2) is 0 Å². The Morgan fingerprint density at radius 2 is 0.796 bits per heavy atom. The van der Waals surface area contributed by atoms with Crippen LogP contribution in [0.25, 0.3) is 77.2 Å². The number of furan rings is 1. The predicted octanol–water partition coefficient (Wildman–Crippen LogP) is 14.9. The Balaban J connectivity index is 1.04. The zero-order valence-electron chi connectivity index (χ0n) is 29.6. The van der Waals surface area contributed by atoms with Gasteiger partial charge in [-0.25, -0.2) is 0 Å². The van der Waals surface area contributed by atoms with E-state index in [2.05, 4.69) is 205 Å². The van der Waals surface area contributed by atoms with Crippen molar-refractivity contribution in [1.29, 1.82) is 0 Å². The molecule has 54 heavy (non-hydrogen) atoms. The normalized spacial score (nSPS) is 11.3. The minimum atomic E-state index is 0.871. The first kappa shape index (κ1) is 31.6. The van der Waals surface area contributed by atoms with Gasteiger partial charge in [0.05, 0.1) is 11.1 Å². The van der Waals surface area contributed by atoms with Gasteiger partial charge >= 0.3 is 0 Å². The smallest absolute Gasteiger partial charge is 0.137 e. The fourth-order valence-electron chi connectivity index (χ4n) is 7.80. The van der Waals surface area contributed by atoms with Gasteiger partial charge in [0.25, 0.3) is 0 Å². The molecule has 2 nitrogen and oxygen atoms in total. The molecule has 0 saturated heterocycles. The number of nitrogens with zero attached hydrogens (tertiary/aromatic N) is 1. The lowest BCUT2D eigenvalue weighted by atomic mass is 9.95. The second kappa shape index (κ2) is 13.4. The summed E-state index contributed by atoms with van der Waals surface area (Å²) in [6.45, 7) is 0. The van der Waals surface area contributed by atoms with Crippen LogP contribution in [0.1, 0.15) is 0 Å². The minimum Gasteiger partial charge on any atom is -0.456 e. The molecule has 9 aromatic carbocycles. The second-order valence-corrected chi connectivity index (χ2v) is 13.7. The molecule has 254 valence electrons. The van der Waals surface area contributed by atoms with E-state index in [1.54, 1.807) is 0 Å². The van der Waals surface area contributed by atoms with Gasteiger partial charge in [0, 0.05) is 16.8 Å². The summed E-state index contributed by atoms with van der Waals surface area (Å²) in [5.41, 5.74) is 14.6. The van der Waals surface area contributed by atoms with Crippen molar-refractivity contribution < 1.29 is 4.42 Å². The molecule has 0 amide bonds. The second-order valence-electron chi connectivity index (χ2n) is 13.7. The monoisotopic (exact) mass is 689 g/mol. The standard InChI is InChI=1S/C52H35NO/c1-2-11-36(12-3-1)37-23-25-38(26-24-37)39-27-31-44(32-28-39)53(49-20-10-22-51-52(49)48-18-6-7-21-50(48)54-51)45-33-29-40(30-34-45)42-15-8-16-43(35-42)47-19-9-14-41-13-4-5-17-46(41)47/h1-35H. The summed E-state index contributed by atoms with van der Waals surface area (Å²) in [6.07, 6.45) is 0. The van der Waals surface area contributed by atoms with Crippen LogP contribution >= 0.6 is 0 Å². The molecule has 0 saturated carbocycles. The number of hydrogen-bond donors (Lipinski definition) is 0. The quantitative estimate of drug-likeness (QED) is 0.166. The predicted molar refractivity (Wildman–Crippen MR) is 228 cm³/mol. The van der Waals surface area contributed by atoms with Gasteiger partial charge in [0.1, 0.15) is 11.2 Å². The molecule has 0 aliphatic heterocycles. The molecular formula is C52H35NO. The molecule has 0 atom stereocenters. The summed E-state index contributed by atoms with van der Waals surface area (Å²) in [5, 5.41) is 4.71. The van der Waals surface area contributed by atoms with Crippen LogP contribution in [0.5, 0.6) is 0 Å². The highest BCUT2D eigenvalue weighted by molar-refractivity contribution is 6.13. The maximum Gasteiger partial charge on any atom is 0.137 e. The third-order valence-corrected chi connectivity index (χ3v) is 10.5. The van der Waals surface area contributed by atoms with Gasteiger partial charge in [-0.1, -0.05) is 164 Å². The summed E-state index contributed by atoms with van der Waals surface area (Å²) in [6, 6.07) is 75.8. The lowest BCUT2D eigenvalue weighted by Gasteiger charge is -2.26. The van der Waals surface area contributed by atoms with Crippen molar-refractivity contribution in [3.63, 3.8) is 0 Å². The van der Waals surface area contributed by atoms with Crippen LogP contribution in [0.2, 0.25) is 0 Å². The van der Waals surface area contributed by atoms with Crippen molar-refractivity contribution in [3.8, 4) is 44.5 Å². The Morgan fingerprint density at radius 3 is 1.52 bits per heavy atom. The van der Waals surface area contributed by atoms with Gasteiger partial charge in [-0.3, -0.25) is 0 Å². The van der Waals surface area contributed by atoms with E-state index < -0.39 is 0 Å². The van der Waals surface area contributed by atoms with Crippen LogP contribution in [0.4, 0.5) is 17.1 Å². The van der Waals surface area contributed by atoms with Gasteiger partial charge < -0.3 is 9.32 Å². The summed E-state index contributed by atoms with van der Waals surface area (Å²) < 4.78 is 6.36. The minimum absolute atomic E-state index is 0.871.